The maximum atomic E-state index is 12.1. The molecule has 25 heavy (non-hydrogen) atoms. The van der Waals surface area contributed by atoms with Gasteiger partial charge in [-0.05, 0) is 35.2 Å². The fraction of sp³-hybridized carbons (Fsp3) is 0.176. The van der Waals surface area contributed by atoms with Gasteiger partial charge in [0.1, 0.15) is 11.4 Å². The van der Waals surface area contributed by atoms with Gasteiger partial charge in [-0.1, -0.05) is 12.1 Å². The number of pyridine rings is 1. The number of hydrogen-bond donors (Lipinski definition) is 2. The summed E-state index contributed by atoms with van der Waals surface area (Å²) in [5.74, 6) is -0.472. The average Bonchev–Trinajstić information content (AvgIpc) is 3.05. The van der Waals surface area contributed by atoms with E-state index in [4.69, 9.17) is 0 Å². The highest BCUT2D eigenvalue weighted by molar-refractivity contribution is 5.92. The van der Waals surface area contributed by atoms with Crippen LogP contribution < -0.4 is 10.1 Å². The van der Waals surface area contributed by atoms with Crippen LogP contribution in [-0.2, 0) is 6.54 Å². The second-order valence-corrected chi connectivity index (χ2v) is 5.36. The number of hydrogen-bond acceptors (Lipinski definition) is 3. The van der Waals surface area contributed by atoms with Crippen LogP contribution >= 0.6 is 0 Å². The Balaban J connectivity index is 1.57. The first-order valence-corrected chi connectivity index (χ1v) is 7.40. The minimum absolute atomic E-state index is 0.0499. The van der Waals surface area contributed by atoms with Gasteiger partial charge in [0.2, 0.25) is 0 Å². The van der Waals surface area contributed by atoms with Crippen molar-refractivity contribution in [1.82, 2.24) is 15.3 Å². The maximum absolute atomic E-state index is 12.1. The van der Waals surface area contributed by atoms with Gasteiger partial charge in [0.25, 0.3) is 5.91 Å². The molecule has 0 spiro atoms. The van der Waals surface area contributed by atoms with Gasteiger partial charge in [0.15, 0.2) is 6.61 Å². The molecule has 0 radical (unpaired) electrons. The molecule has 130 valence electrons. The molecule has 0 saturated carbocycles. The van der Waals surface area contributed by atoms with Crippen molar-refractivity contribution in [2.45, 2.75) is 12.7 Å². The first-order chi connectivity index (χ1) is 11.9. The number of benzene rings is 1. The van der Waals surface area contributed by atoms with E-state index in [0.717, 1.165) is 22.7 Å². The summed E-state index contributed by atoms with van der Waals surface area (Å²) in [6, 6.07) is 10.3. The van der Waals surface area contributed by atoms with Crippen molar-refractivity contribution in [3.8, 4) is 5.75 Å². The number of amides is 1. The third kappa shape index (κ3) is 4.50. The van der Waals surface area contributed by atoms with Gasteiger partial charge in [-0.15, -0.1) is 0 Å². The van der Waals surface area contributed by atoms with Crippen LogP contribution in [0.15, 0.2) is 48.8 Å². The monoisotopic (exact) mass is 349 g/mol. The van der Waals surface area contributed by atoms with E-state index in [-0.39, 0.29) is 11.4 Å². The van der Waals surface area contributed by atoms with E-state index in [1.165, 1.54) is 12.1 Å². The van der Waals surface area contributed by atoms with E-state index in [1.807, 2.05) is 30.5 Å². The molecule has 8 heteroatoms. The van der Waals surface area contributed by atoms with E-state index in [1.54, 1.807) is 0 Å². The second-order valence-electron chi connectivity index (χ2n) is 5.36. The Bertz CT molecular complexity index is 873. The number of ether oxygens (including phenoxy) is 1. The number of nitrogens with one attached hydrogen (secondary N) is 2. The number of H-pyrrole nitrogens is 1. The molecule has 3 rings (SSSR count). The van der Waals surface area contributed by atoms with Gasteiger partial charge in [-0.2, -0.15) is 13.2 Å². The number of alkyl halides is 3. The molecule has 0 fully saturated rings. The molecule has 3 aromatic rings. The number of nitrogens with zero attached hydrogens (tertiary/aromatic N) is 1. The highest BCUT2D eigenvalue weighted by atomic mass is 19.4. The SMILES string of the molecule is O=C(NCc1ccc2cc[nH]c2c1)c1ccc(OCC(F)(F)F)cn1. The molecule has 2 aromatic heterocycles. The Morgan fingerprint density at radius 3 is 2.76 bits per heavy atom. The van der Waals surface area contributed by atoms with Gasteiger partial charge >= 0.3 is 6.18 Å². The Hall–Kier alpha value is -3.03. The third-order valence-electron chi connectivity index (χ3n) is 3.44. The number of aromatic amines is 1. The van der Waals surface area contributed by atoms with E-state index in [2.05, 4.69) is 20.0 Å². The van der Waals surface area contributed by atoms with Crippen LogP contribution in [0.25, 0.3) is 10.9 Å². The minimum atomic E-state index is -4.42. The molecular weight excluding hydrogens is 335 g/mol. The summed E-state index contributed by atoms with van der Waals surface area (Å²) in [5, 5.41) is 3.79. The van der Waals surface area contributed by atoms with Gasteiger partial charge in [0, 0.05) is 18.3 Å². The van der Waals surface area contributed by atoms with Crippen LogP contribution in [-0.4, -0.2) is 28.7 Å². The fourth-order valence-corrected chi connectivity index (χ4v) is 2.24. The lowest BCUT2D eigenvalue weighted by Crippen LogP contribution is -2.24. The van der Waals surface area contributed by atoms with Crippen LogP contribution in [0.1, 0.15) is 16.1 Å². The number of carbonyl (C=O) groups excluding carboxylic acids is 1. The first-order valence-electron chi connectivity index (χ1n) is 7.40. The Labute approximate surface area is 140 Å². The van der Waals surface area contributed by atoms with Gasteiger partial charge < -0.3 is 15.0 Å². The van der Waals surface area contributed by atoms with Gasteiger partial charge in [-0.3, -0.25) is 4.79 Å². The van der Waals surface area contributed by atoms with E-state index in [0.29, 0.717) is 6.54 Å². The van der Waals surface area contributed by atoms with Crippen LogP contribution in [0.5, 0.6) is 5.75 Å². The quantitative estimate of drug-likeness (QED) is 0.742. The molecule has 1 aromatic carbocycles. The minimum Gasteiger partial charge on any atom is -0.483 e. The zero-order valence-electron chi connectivity index (χ0n) is 12.9. The molecule has 0 aliphatic heterocycles. The third-order valence-corrected chi connectivity index (χ3v) is 3.44. The van der Waals surface area contributed by atoms with Crippen LogP contribution in [0.3, 0.4) is 0 Å². The summed E-state index contributed by atoms with van der Waals surface area (Å²) in [4.78, 5) is 19.0. The molecule has 0 atom stereocenters. The van der Waals surface area contributed by atoms with Crippen LogP contribution in [0, 0.1) is 0 Å². The second kappa shape index (κ2) is 6.84. The normalized spacial score (nSPS) is 11.5. The van der Waals surface area contributed by atoms with Crippen molar-refractivity contribution in [3.05, 3.63) is 60.0 Å². The van der Waals surface area contributed by atoms with Crippen molar-refractivity contribution in [1.29, 1.82) is 0 Å². The molecular formula is C17H14F3N3O2. The molecule has 0 aliphatic carbocycles. The van der Waals surface area contributed by atoms with E-state index < -0.39 is 18.7 Å². The predicted octanol–water partition coefficient (Wildman–Crippen LogP) is 3.43. The van der Waals surface area contributed by atoms with Crippen molar-refractivity contribution < 1.29 is 22.7 Å². The summed E-state index contributed by atoms with van der Waals surface area (Å²) in [6.45, 7) is -1.09. The lowest BCUT2D eigenvalue weighted by atomic mass is 10.1. The molecule has 5 nitrogen and oxygen atoms in total. The van der Waals surface area contributed by atoms with Crippen LogP contribution in [0.2, 0.25) is 0 Å². The molecule has 0 aliphatic rings. The molecule has 0 saturated heterocycles. The van der Waals surface area contributed by atoms with Crippen molar-refractivity contribution >= 4 is 16.8 Å². The standard InChI is InChI=1S/C17H14F3N3O2/c18-17(19,20)10-25-13-3-4-14(22-9-13)16(24)23-8-11-1-2-12-5-6-21-15(12)7-11/h1-7,9,21H,8,10H2,(H,23,24). The zero-order valence-corrected chi connectivity index (χ0v) is 12.9. The molecule has 1 amide bonds. The van der Waals surface area contributed by atoms with E-state index in [9.17, 15) is 18.0 Å². The Morgan fingerprint density at radius 1 is 1.20 bits per heavy atom. The molecule has 0 bridgehead atoms. The van der Waals surface area contributed by atoms with Crippen molar-refractivity contribution in [3.63, 3.8) is 0 Å². The first kappa shape index (κ1) is 16.8. The predicted molar refractivity (Wildman–Crippen MR) is 85.3 cm³/mol. The summed E-state index contributed by atoms with van der Waals surface area (Å²) in [5.41, 5.74) is 1.98. The number of halogens is 3. The average molecular weight is 349 g/mol. The maximum Gasteiger partial charge on any atom is 0.422 e. The summed E-state index contributed by atoms with van der Waals surface area (Å²) in [7, 11) is 0. The van der Waals surface area contributed by atoms with Crippen molar-refractivity contribution in [2.24, 2.45) is 0 Å². The Morgan fingerprint density at radius 2 is 2.04 bits per heavy atom. The summed E-state index contributed by atoms with van der Waals surface area (Å²) < 4.78 is 40.8. The highest BCUT2D eigenvalue weighted by Gasteiger charge is 2.28. The zero-order chi connectivity index (χ0) is 17.9. The molecule has 2 N–H and O–H groups in total. The summed E-state index contributed by atoms with van der Waals surface area (Å²) >= 11 is 0. The Kier molecular flexibility index (Phi) is 4.60. The number of carbonyl (C=O) groups is 1. The van der Waals surface area contributed by atoms with Crippen molar-refractivity contribution in [2.75, 3.05) is 6.61 Å². The summed E-state index contributed by atoms with van der Waals surface area (Å²) in [6.07, 6.45) is -1.50. The topological polar surface area (TPSA) is 67.0 Å². The van der Waals surface area contributed by atoms with Gasteiger partial charge in [0.05, 0.1) is 6.20 Å². The largest absolute Gasteiger partial charge is 0.483 e. The lowest BCUT2D eigenvalue weighted by Gasteiger charge is -2.09. The number of rotatable bonds is 5. The lowest BCUT2D eigenvalue weighted by molar-refractivity contribution is -0.153. The van der Waals surface area contributed by atoms with Crippen LogP contribution in [0.4, 0.5) is 13.2 Å². The smallest absolute Gasteiger partial charge is 0.422 e. The fourth-order valence-electron chi connectivity index (χ4n) is 2.24. The molecule has 0 unspecified atom stereocenters. The van der Waals surface area contributed by atoms with E-state index >= 15 is 0 Å². The molecule has 2 heterocycles. The highest BCUT2D eigenvalue weighted by Crippen LogP contribution is 2.18. The van der Waals surface area contributed by atoms with Gasteiger partial charge in [-0.25, -0.2) is 4.98 Å². The number of aromatic nitrogens is 2. The number of fused-ring (bicyclic) bond motifs is 1.